The number of benzene rings is 2. The van der Waals surface area contributed by atoms with Gasteiger partial charge in [-0.2, -0.15) is 0 Å². The van der Waals surface area contributed by atoms with Gasteiger partial charge < -0.3 is 10.6 Å². The number of fused-ring (bicyclic) bond motifs is 2. The standard InChI is InChI=1S/C17H17N3/c18-16-19-12-17(20(16)14-7-2-1-3-8-14)11-10-13-6-4-5-9-15(13)17/h1-9H,10-12H2,(H2,18,19). The van der Waals surface area contributed by atoms with E-state index in [1.807, 2.05) is 6.07 Å². The van der Waals surface area contributed by atoms with Crippen LogP contribution in [-0.2, 0) is 12.0 Å². The van der Waals surface area contributed by atoms with Gasteiger partial charge in [0.05, 0.1) is 12.1 Å². The fourth-order valence-corrected chi connectivity index (χ4v) is 3.59. The molecule has 4 rings (SSSR count). The molecular formula is C17H17N3. The summed E-state index contributed by atoms with van der Waals surface area (Å²) in [6, 6.07) is 19.0. The fraction of sp³-hybridized carbons (Fsp3) is 0.235. The maximum Gasteiger partial charge on any atom is 0.196 e. The third kappa shape index (κ3) is 1.43. The molecule has 1 aliphatic carbocycles. The number of nitrogens with two attached hydrogens (primary N) is 1. The summed E-state index contributed by atoms with van der Waals surface area (Å²) in [7, 11) is 0. The minimum absolute atomic E-state index is 0.0813. The highest BCUT2D eigenvalue weighted by molar-refractivity contribution is 5.98. The van der Waals surface area contributed by atoms with Crippen molar-refractivity contribution < 1.29 is 0 Å². The van der Waals surface area contributed by atoms with Crippen LogP contribution in [-0.4, -0.2) is 12.5 Å². The summed E-state index contributed by atoms with van der Waals surface area (Å²) in [6.45, 7) is 0.755. The van der Waals surface area contributed by atoms with E-state index in [0.717, 1.165) is 25.1 Å². The van der Waals surface area contributed by atoms with Crippen LogP contribution >= 0.6 is 0 Å². The summed E-state index contributed by atoms with van der Waals surface area (Å²) in [6.07, 6.45) is 2.17. The molecule has 0 saturated carbocycles. The summed E-state index contributed by atoms with van der Waals surface area (Å²) in [4.78, 5) is 6.77. The quantitative estimate of drug-likeness (QED) is 0.859. The molecule has 100 valence electrons. The Morgan fingerprint density at radius 3 is 2.60 bits per heavy atom. The first-order chi connectivity index (χ1) is 9.81. The smallest absolute Gasteiger partial charge is 0.196 e. The Labute approximate surface area is 118 Å². The topological polar surface area (TPSA) is 41.6 Å². The first-order valence-corrected chi connectivity index (χ1v) is 7.05. The van der Waals surface area contributed by atoms with E-state index in [0.29, 0.717) is 5.96 Å². The van der Waals surface area contributed by atoms with E-state index in [1.54, 1.807) is 0 Å². The molecule has 0 bridgehead atoms. The number of rotatable bonds is 1. The molecule has 3 nitrogen and oxygen atoms in total. The number of anilines is 1. The van der Waals surface area contributed by atoms with Crippen LogP contribution < -0.4 is 10.6 Å². The average molecular weight is 263 g/mol. The van der Waals surface area contributed by atoms with Gasteiger partial charge >= 0.3 is 0 Å². The van der Waals surface area contributed by atoms with Gasteiger partial charge in [-0.1, -0.05) is 42.5 Å². The minimum Gasteiger partial charge on any atom is -0.369 e. The second-order valence-electron chi connectivity index (χ2n) is 5.53. The lowest BCUT2D eigenvalue weighted by atomic mass is 9.90. The molecule has 20 heavy (non-hydrogen) atoms. The van der Waals surface area contributed by atoms with Gasteiger partial charge in [0.15, 0.2) is 5.96 Å². The van der Waals surface area contributed by atoms with Gasteiger partial charge in [-0.25, -0.2) is 0 Å². The molecule has 0 aromatic heterocycles. The van der Waals surface area contributed by atoms with Crippen LogP contribution in [0.5, 0.6) is 0 Å². The van der Waals surface area contributed by atoms with Crippen molar-refractivity contribution >= 4 is 11.6 Å². The summed E-state index contributed by atoms with van der Waals surface area (Å²) in [5.41, 5.74) is 10.1. The predicted octanol–water partition coefficient (Wildman–Crippen LogP) is 2.66. The minimum atomic E-state index is -0.0813. The lowest BCUT2D eigenvalue weighted by molar-refractivity contribution is 0.476. The zero-order valence-corrected chi connectivity index (χ0v) is 11.3. The molecule has 2 aliphatic rings. The molecule has 1 heterocycles. The van der Waals surface area contributed by atoms with Crippen LogP contribution in [0.15, 0.2) is 59.6 Å². The molecule has 2 N–H and O–H groups in total. The Kier molecular flexibility index (Phi) is 2.36. The zero-order chi connectivity index (χ0) is 13.6. The van der Waals surface area contributed by atoms with E-state index in [-0.39, 0.29) is 5.54 Å². The van der Waals surface area contributed by atoms with Crippen molar-refractivity contribution in [1.29, 1.82) is 0 Å². The fourth-order valence-electron chi connectivity index (χ4n) is 3.59. The third-order valence-electron chi connectivity index (χ3n) is 4.50. The van der Waals surface area contributed by atoms with Crippen LogP contribution in [0.3, 0.4) is 0 Å². The van der Waals surface area contributed by atoms with Gasteiger partial charge in [0.1, 0.15) is 0 Å². The molecule has 1 atom stereocenters. The Balaban J connectivity index is 1.87. The van der Waals surface area contributed by atoms with Crippen LogP contribution in [0.2, 0.25) is 0 Å². The van der Waals surface area contributed by atoms with Gasteiger partial charge in [-0.05, 0) is 36.1 Å². The highest BCUT2D eigenvalue weighted by Crippen LogP contribution is 2.46. The Bertz CT molecular complexity index is 678. The van der Waals surface area contributed by atoms with Crippen LogP contribution in [0, 0.1) is 0 Å². The number of aliphatic imine (C=N–C) groups is 1. The summed E-state index contributed by atoms with van der Waals surface area (Å²) < 4.78 is 0. The maximum absolute atomic E-state index is 6.20. The molecule has 2 aromatic carbocycles. The molecular weight excluding hydrogens is 246 g/mol. The van der Waals surface area contributed by atoms with Crippen LogP contribution in [0.25, 0.3) is 0 Å². The number of aryl methyl sites for hydroxylation is 1. The van der Waals surface area contributed by atoms with Gasteiger partial charge in [0.25, 0.3) is 0 Å². The largest absolute Gasteiger partial charge is 0.369 e. The molecule has 2 aromatic rings. The molecule has 1 spiro atoms. The monoisotopic (exact) mass is 263 g/mol. The Morgan fingerprint density at radius 2 is 1.75 bits per heavy atom. The summed E-state index contributed by atoms with van der Waals surface area (Å²) in [5.74, 6) is 0.632. The van der Waals surface area contributed by atoms with Gasteiger partial charge in [-0.15, -0.1) is 0 Å². The summed E-state index contributed by atoms with van der Waals surface area (Å²) >= 11 is 0. The van der Waals surface area contributed by atoms with Gasteiger partial charge in [-0.3, -0.25) is 4.99 Å². The molecule has 3 heteroatoms. The van der Waals surface area contributed by atoms with E-state index in [1.165, 1.54) is 11.1 Å². The Morgan fingerprint density at radius 1 is 1.00 bits per heavy atom. The summed E-state index contributed by atoms with van der Waals surface area (Å²) in [5, 5.41) is 0. The lowest BCUT2D eigenvalue weighted by Gasteiger charge is -2.37. The lowest BCUT2D eigenvalue weighted by Crippen LogP contribution is -2.48. The second-order valence-corrected chi connectivity index (χ2v) is 5.53. The Hall–Kier alpha value is -2.29. The first-order valence-electron chi connectivity index (χ1n) is 7.05. The average Bonchev–Trinajstić information content (AvgIpc) is 3.03. The van der Waals surface area contributed by atoms with E-state index in [9.17, 15) is 0 Å². The number of hydrogen-bond acceptors (Lipinski definition) is 3. The van der Waals surface area contributed by atoms with Crippen molar-refractivity contribution in [2.45, 2.75) is 18.4 Å². The van der Waals surface area contributed by atoms with Crippen molar-refractivity contribution in [3.05, 3.63) is 65.7 Å². The van der Waals surface area contributed by atoms with Crippen LogP contribution in [0.4, 0.5) is 5.69 Å². The van der Waals surface area contributed by atoms with Crippen molar-refractivity contribution in [2.24, 2.45) is 10.7 Å². The molecule has 1 unspecified atom stereocenters. The SMILES string of the molecule is NC1=NCC2(CCc3ccccc32)N1c1ccccc1. The van der Waals surface area contributed by atoms with E-state index >= 15 is 0 Å². The molecule has 1 aliphatic heterocycles. The number of nitrogens with zero attached hydrogens (tertiary/aromatic N) is 2. The number of para-hydroxylation sites is 1. The highest BCUT2D eigenvalue weighted by atomic mass is 15.4. The van der Waals surface area contributed by atoms with Crippen molar-refractivity contribution in [3.63, 3.8) is 0 Å². The van der Waals surface area contributed by atoms with Gasteiger partial charge in [0, 0.05) is 5.69 Å². The predicted molar refractivity (Wildman–Crippen MR) is 81.9 cm³/mol. The van der Waals surface area contributed by atoms with E-state index in [2.05, 4.69) is 58.4 Å². The van der Waals surface area contributed by atoms with E-state index in [4.69, 9.17) is 5.73 Å². The zero-order valence-electron chi connectivity index (χ0n) is 11.3. The maximum atomic E-state index is 6.20. The van der Waals surface area contributed by atoms with E-state index < -0.39 is 0 Å². The van der Waals surface area contributed by atoms with Crippen LogP contribution in [0.1, 0.15) is 17.5 Å². The first kappa shape index (κ1) is 11.5. The molecule has 0 fully saturated rings. The molecule has 0 saturated heterocycles. The molecule has 0 radical (unpaired) electrons. The van der Waals surface area contributed by atoms with Crippen molar-refractivity contribution in [3.8, 4) is 0 Å². The number of hydrogen-bond donors (Lipinski definition) is 1. The highest BCUT2D eigenvalue weighted by Gasteiger charge is 2.48. The van der Waals surface area contributed by atoms with Crippen molar-refractivity contribution in [2.75, 3.05) is 11.4 Å². The molecule has 0 amide bonds. The second kappa shape index (κ2) is 4.10. The number of guanidine groups is 1. The third-order valence-corrected chi connectivity index (χ3v) is 4.50. The van der Waals surface area contributed by atoms with Gasteiger partial charge in [0.2, 0.25) is 0 Å². The van der Waals surface area contributed by atoms with Crippen molar-refractivity contribution in [1.82, 2.24) is 0 Å². The normalized spacial score (nSPS) is 24.0.